The molecule has 4 rings (SSSR count). The van der Waals surface area contributed by atoms with Crippen molar-refractivity contribution >= 4 is 16.0 Å². The molecule has 0 aromatic heterocycles. The number of para-hydroxylation sites is 1. The molecule has 1 unspecified atom stereocenters. The van der Waals surface area contributed by atoms with Gasteiger partial charge in [-0.2, -0.15) is 13.1 Å². The number of hydrogen-bond acceptors (Lipinski definition) is 4. The molecule has 142 valence electrons. The molecule has 2 aliphatic heterocycles. The van der Waals surface area contributed by atoms with E-state index in [0.717, 1.165) is 36.9 Å². The van der Waals surface area contributed by atoms with Gasteiger partial charge in [0.15, 0.2) is 0 Å². The van der Waals surface area contributed by atoms with Crippen LogP contribution in [0.5, 0.6) is 5.75 Å². The first-order chi connectivity index (χ1) is 13.1. The largest absolute Gasteiger partial charge is 0.488 e. The highest BCUT2D eigenvalue weighted by atomic mass is 32.2. The van der Waals surface area contributed by atoms with Crippen LogP contribution in [0.1, 0.15) is 43.0 Å². The summed E-state index contributed by atoms with van der Waals surface area (Å²) in [6, 6.07) is 17.5. The van der Waals surface area contributed by atoms with Gasteiger partial charge in [-0.25, -0.2) is 0 Å². The summed E-state index contributed by atoms with van der Waals surface area (Å²) in [5.41, 5.74) is 1.87. The summed E-state index contributed by atoms with van der Waals surface area (Å²) < 4.78 is 37.4. The molecule has 7 heteroatoms. The number of ether oxygens (including phenoxy) is 1. The van der Waals surface area contributed by atoms with Crippen molar-refractivity contribution in [1.29, 1.82) is 0 Å². The van der Waals surface area contributed by atoms with Gasteiger partial charge >= 0.3 is 10.2 Å². The monoisotopic (exact) mass is 385 g/mol. The van der Waals surface area contributed by atoms with E-state index in [1.165, 1.54) is 0 Å². The molecule has 0 amide bonds. The summed E-state index contributed by atoms with van der Waals surface area (Å²) in [5.74, 6) is 1.33. The lowest BCUT2D eigenvalue weighted by molar-refractivity contribution is 0.264. The van der Waals surface area contributed by atoms with Crippen molar-refractivity contribution < 1.29 is 13.2 Å². The van der Waals surface area contributed by atoms with Crippen LogP contribution in [0.4, 0.5) is 0 Å². The van der Waals surface area contributed by atoms with Gasteiger partial charge in [0.1, 0.15) is 24.4 Å². The summed E-state index contributed by atoms with van der Waals surface area (Å²) in [4.78, 5) is 2.07. The molecule has 2 aliphatic rings. The maximum absolute atomic E-state index is 12.3. The van der Waals surface area contributed by atoms with Crippen LogP contribution in [0.2, 0.25) is 0 Å². The Bertz CT molecular complexity index is 928. The van der Waals surface area contributed by atoms with E-state index >= 15 is 0 Å². The third-order valence-corrected chi connectivity index (χ3v) is 5.85. The zero-order valence-electron chi connectivity index (χ0n) is 15.0. The van der Waals surface area contributed by atoms with E-state index in [1.807, 2.05) is 54.6 Å². The highest BCUT2D eigenvalue weighted by Crippen LogP contribution is 2.33. The van der Waals surface area contributed by atoms with Crippen LogP contribution in [0.25, 0.3) is 0 Å². The maximum atomic E-state index is 12.3. The van der Waals surface area contributed by atoms with Gasteiger partial charge < -0.3 is 9.64 Å². The highest BCUT2D eigenvalue weighted by Gasteiger charge is 2.35. The van der Waals surface area contributed by atoms with Crippen LogP contribution in [0.3, 0.4) is 0 Å². The number of benzene rings is 2. The molecule has 6 nitrogen and oxygen atoms in total. The topological polar surface area (TPSA) is 71.0 Å². The second kappa shape index (κ2) is 7.70. The van der Waals surface area contributed by atoms with E-state index in [1.54, 1.807) is 0 Å². The van der Waals surface area contributed by atoms with E-state index < -0.39 is 16.4 Å². The second-order valence-corrected chi connectivity index (χ2v) is 8.19. The van der Waals surface area contributed by atoms with E-state index in [9.17, 15) is 8.42 Å². The number of hydrogen-bond donors (Lipinski definition) is 1. The van der Waals surface area contributed by atoms with E-state index in [-0.39, 0.29) is 0 Å². The fourth-order valence-electron chi connectivity index (χ4n) is 3.57. The summed E-state index contributed by atoms with van der Waals surface area (Å²) in [6.07, 6.45) is 3.25. The van der Waals surface area contributed by atoms with Crippen molar-refractivity contribution in [2.45, 2.75) is 38.5 Å². The lowest BCUT2D eigenvalue weighted by atomic mass is 10.1. The van der Waals surface area contributed by atoms with Crippen LogP contribution >= 0.6 is 0 Å². The van der Waals surface area contributed by atoms with Gasteiger partial charge in [0.05, 0.1) is 0 Å². The predicted molar refractivity (Wildman–Crippen MR) is 105 cm³/mol. The van der Waals surface area contributed by atoms with Gasteiger partial charge in [-0.3, -0.25) is 0 Å². The van der Waals surface area contributed by atoms with Gasteiger partial charge in [-0.15, -0.1) is 4.40 Å². The summed E-state index contributed by atoms with van der Waals surface area (Å²) in [5, 5.41) is 0. The molecule has 1 atom stereocenters. The third kappa shape index (κ3) is 4.14. The second-order valence-electron chi connectivity index (χ2n) is 6.82. The van der Waals surface area contributed by atoms with Gasteiger partial charge in [0.2, 0.25) is 0 Å². The zero-order chi connectivity index (χ0) is 18.7. The van der Waals surface area contributed by atoms with Crippen molar-refractivity contribution in [3.63, 3.8) is 0 Å². The Hall–Kier alpha value is -2.38. The Labute approximate surface area is 160 Å². The molecule has 2 aromatic carbocycles. The summed E-state index contributed by atoms with van der Waals surface area (Å²) in [6.45, 7) is 1.21. The average molecular weight is 385 g/mol. The molecule has 27 heavy (non-hydrogen) atoms. The van der Waals surface area contributed by atoms with Crippen molar-refractivity contribution in [3.8, 4) is 5.75 Å². The summed E-state index contributed by atoms with van der Waals surface area (Å²) in [7, 11) is -3.71. The lowest BCUT2D eigenvalue weighted by Crippen LogP contribution is -2.48. The minimum atomic E-state index is -3.71. The predicted octanol–water partition coefficient (Wildman–Crippen LogP) is 3.39. The third-order valence-electron chi connectivity index (χ3n) is 4.88. The molecule has 1 saturated heterocycles. The molecule has 2 heterocycles. The molecule has 1 fully saturated rings. The van der Waals surface area contributed by atoms with Crippen LogP contribution in [-0.2, 0) is 16.8 Å². The zero-order valence-corrected chi connectivity index (χ0v) is 15.9. The number of nitrogens with one attached hydrogen (secondary N) is 1. The fraction of sp³-hybridized carbons (Fsp3) is 0.350. The van der Waals surface area contributed by atoms with Gasteiger partial charge in [-0.05, 0) is 24.5 Å². The Morgan fingerprint density at radius 1 is 1.04 bits per heavy atom. The first kappa shape index (κ1) is 18.0. The minimum Gasteiger partial charge on any atom is -0.488 e. The molecule has 0 aliphatic carbocycles. The Morgan fingerprint density at radius 2 is 1.81 bits per heavy atom. The molecule has 0 spiro atoms. The molecule has 1 N–H and O–H groups in total. The quantitative estimate of drug-likeness (QED) is 0.876. The van der Waals surface area contributed by atoms with Crippen molar-refractivity contribution in [2.24, 2.45) is 4.40 Å². The average Bonchev–Trinajstić information content (AvgIpc) is 2.91. The first-order valence-corrected chi connectivity index (χ1v) is 10.7. The van der Waals surface area contributed by atoms with E-state index in [4.69, 9.17) is 4.74 Å². The molecule has 0 saturated carbocycles. The van der Waals surface area contributed by atoms with Crippen molar-refractivity contribution in [1.82, 2.24) is 9.62 Å². The standard InChI is InChI=1S/C20H23N3O3S/c24-27(25)21-19-13-5-2-8-14-23(19)20(22-27)17-11-6-7-12-18(17)26-15-16-9-3-1-4-10-16/h1,3-4,6-7,9-12,20,22H,2,5,8,13-15H2. The lowest BCUT2D eigenvalue weighted by Gasteiger charge is -2.37. The Morgan fingerprint density at radius 3 is 2.67 bits per heavy atom. The van der Waals surface area contributed by atoms with Crippen LogP contribution < -0.4 is 9.46 Å². The minimum absolute atomic E-state index is 0.429. The fourth-order valence-corrected chi connectivity index (χ4v) is 4.63. The molecular weight excluding hydrogens is 362 g/mol. The van der Waals surface area contributed by atoms with Crippen LogP contribution in [0, 0.1) is 0 Å². The maximum Gasteiger partial charge on any atom is 0.323 e. The SMILES string of the molecule is O=S1(=O)N=C2CCCCCN2C(c2ccccc2OCc2ccccc2)N1. The number of nitrogens with zero attached hydrogens (tertiary/aromatic N) is 2. The molecule has 0 bridgehead atoms. The highest BCUT2D eigenvalue weighted by molar-refractivity contribution is 7.88. The Balaban J connectivity index is 1.65. The molecule has 2 aromatic rings. The van der Waals surface area contributed by atoms with E-state index in [0.29, 0.717) is 24.6 Å². The normalized spacial score (nSPS) is 21.7. The number of rotatable bonds is 4. The molecular formula is C20H23N3O3S. The van der Waals surface area contributed by atoms with Crippen LogP contribution in [0.15, 0.2) is 59.0 Å². The van der Waals surface area contributed by atoms with Gasteiger partial charge in [-0.1, -0.05) is 55.0 Å². The first-order valence-electron chi connectivity index (χ1n) is 9.26. The van der Waals surface area contributed by atoms with Gasteiger partial charge in [0.25, 0.3) is 0 Å². The number of amidine groups is 1. The summed E-state index contributed by atoms with van der Waals surface area (Å²) >= 11 is 0. The van der Waals surface area contributed by atoms with Crippen molar-refractivity contribution in [2.75, 3.05) is 6.54 Å². The Kier molecular flexibility index (Phi) is 5.13. The van der Waals surface area contributed by atoms with Crippen molar-refractivity contribution in [3.05, 3.63) is 65.7 Å². The van der Waals surface area contributed by atoms with Crippen LogP contribution in [-0.4, -0.2) is 25.7 Å². The van der Waals surface area contributed by atoms with E-state index in [2.05, 4.69) is 14.0 Å². The smallest absolute Gasteiger partial charge is 0.323 e. The number of fused-ring (bicyclic) bond motifs is 1. The van der Waals surface area contributed by atoms with Gasteiger partial charge in [0, 0.05) is 18.5 Å². The molecule has 0 radical (unpaired) electrons.